The first-order valence-electron chi connectivity index (χ1n) is 9.10. The van der Waals surface area contributed by atoms with Gasteiger partial charge in [-0.25, -0.2) is 17.8 Å². The third-order valence-electron chi connectivity index (χ3n) is 5.57. The summed E-state index contributed by atoms with van der Waals surface area (Å²) >= 11 is 0. The van der Waals surface area contributed by atoms with E-state index in [9.17, 15) is 28.1 Å². The number of nitriles is 1. The van der Waals surface area contributed by atoms with Gasteiger partial charge in [0.15, 0.2) is 9.84 Å². The molecule has 9 nitrogen and oxygen atoms in total. The van der Waals surface area contributed by atoms with Crippen molar-refractivity contribution in [2.75, 3.05) is 11.5 Å². The van der Waals surface area contributed by atoms with E-state index in [2.05, 4.69) is 0 Å². The summed E-state index contributed by atoms with van der Waals surface area (Å²) in [7, 11) is -3.16. The largest absolute Gasteiger partial charge is 0.334 e. The van der Waals surface area contributed by atoms with Crippen molar-refractivity contribution >= 4 is 15.7 Å². The quantitative estimate of drug-likeness (QED) is 0.648. The summed E-state index contributed by atoms with van der Waals surface area (Å²) in [6, 6.07) is 1.44. The Hall–Kier alpha value is -2.41. The van der Waals surface area contributed by atoms with Gasteiger partial charge in [-0.15, -0.1) is 0 Å². The zero-order chi connectivity index (χ0) is 19.3. The van der Waals surface area contributed by atoms with Gasteiger partial charge in [-0.05, 0) is 32.1 Å². The summed E-state index contributed by atoms with van der Waals surface area (Å²) in [6.07, 6.45) is 3.14. The fraction of sp³-hybridized carbons (Fsp3) is 0.647. The molecule has 1 aliphatic carbocycles. The molecule has 4 rings (SSSR count). The Morgan fingerprint density at radius 1 is 1.22 bits per heavy atom. The predicted octanol–water partition coefficient (Wildman–Crippen LogP) is -0.994. The molecule has 1 aromatic heterocycles. The second-order valence-electron chi connectivity index (χ2n) is 7.45. The first-order chi connectivity index (χ1) is 12.8. The molecule has 27 heavy (non-hydrogen) atoms. The van der Waals surface area contributed by atoms with Gasteiger partial charge in [0, 0.05) is 24.3 Å². The Balaban J connectivity index is 1.68. The van der Waals surface area contributed by atoms with Crippen LogP contribution in [0.1, 0.15) is 36.9 Å². The molecule has 3 heterocycles. The van der Waals surface area contributed by atoms with Crippen molar-refractivity contribution in [3.05, 3.63) is 32.1 Å². The predicted molar refractivity (Wildman–Crippen MR) is 94.9 cm³/mol. The number of nitrogens with zero attached hydrogens (tertiary/aromatic N) is 4. The highest BCUT2D eigenvalue weighted by Gasteiger charge is 2.42. The van der Waals surface area contributed by atoms with Gasteiger partial charge in [0.05, 0.1) is 11.5 Å². The maximum atomic E-state index is 12.9. The molecule has 0 spiro atoms. The summed E-state index contributed by atoms with van der Waals surface area (Å²) in [4.78, 5) is 39.8. The number of hydrogen-bond donors (Lipinski definition) is 0. The van der Waals surface area contributed by atoms with Crippen molar-refractivity contribution in [2.24, 2.45) is 0 Å². The number of fused-ring (bicyclic) bond motifs is 1. The SMILES string of the molecule is N#Cc1c2n(c(=O)n(CC(=O)N(C3CC3)[C@@H]3CCS(=O)(=O)C3)c1=O)CCC2. The summed E-state index contributed by atoms with van der Waals surface area (Å²) in [5.41, 5.74) is -0.952. The monoisotopic (exact) mass is 392 g/mol. The molecule has 1 atom stereocenters. The zero-order valence-corrected chi connectivity index (χ0v) is 15.6. The maximum absolute atomic E-state index is 12.9. The van der Waals surface area contributed by atoms with E-state index in [1.54, 1.807) is 4.90 Å². The normalized spacial score (nSPS) is 23.0. The average Bonchev–Trinajstić information content (AvgIpc) is 3.20. The van der Waals surface area contributed by atoms with Crippen LogP contribution in [0.2, 0.25) is 0 Å². The van der Waals surface area contributed by atoms with Crippen LogP contribution in [0.3, 0.4) is 0 Å². The van der Waals surface area contributed by atoms with E-state index in [4.69, 9.17) is 0 Å². The Morgan fingerprint density at radius 3 is 2.56 bits per heavy atom. The second-order valence-corrected chi connectivity index (χ2v) is 9.68. The molecule has 2 fully saturated rings. The third kappa shape index (κ3) is 3.10. The Kier molecular flexibility index (Phi) is 4.22. The van der Waals surface area contributed by atoms with E-state index in [1.165, 1.54) is 4.57 Å². The number of rotatable bonds is 4. The molecule has 1 saturated carbocycles. The fourth-order valence-corrected chi connectivity index (χ4v) is 5.87. The molecule has 144 valence electrons. The van der Waals surface area contributed by atoms with Gasteiger partial charge in [-0.3, -0.25) is 14.2 Å². The number of carbonyl (C=O) groups excluding carboxylic acids is 1. The highest BCUT2D eigenvalue weighted by molar-refractivity contribution is 7.91. The number of aromatic nitrogens is 2. The van der Waals surface area contributed by atoms with Crippen molar-refractivity contribution in [2.45, 2.75) is 57.3 Å². The van der Waals surface area contributed by atoms with Gasteiger partial charge in [0.1, 0.15) is 18.2 Å². The summed E-state index contributed by atoms with van der Waals surface area (Å²) in [6.45, 7) is -0.0375. The van der Waals surface area contributed by atoms with E-state index in [0.29, 0.717) is 31.5 Å². The molecule has 1 aromatic rings. The number of carbonyl (C=O) groups is 1. The molecular weight excluding hydrogens is 372 g/mol. The molecule has 1 amide bonds. The Labute approximate surface area is 155 Å². The highest BCUT2D eigenvalue weighted by atomic mass is 32.2. The van der Waals surface area contributed by atoms with Crippen LogP contribution in [0.4, 0.5) is 0 Å². The first kappa shape index (κ1) is 18.0. The Bertz CT molecular complexity index is 1070. The Morgan fingerprint density at radius 2 is 1.96 bits per heavy atom. The van der Waals surface area contributed by atoms with Gasteiger partial charge in [0.25, 0.3) is 5.56 Å². The van der Waals surface area contributed by atoms with Gasteiger partial charge in [-0.2, -0.15) is 5.26 Å². The standard InChI is InChI=1S/C17H20N4O5S/c18-8-13-14-2-1-6-19(14)17(24)20(16(13)23)9-15(22)21(11-3-4-11)12-5-7-27(25,26)10-12/h11-12H,1-7,9-10H2/t12-/m1/s1. The third-order valence-corrected chi connectivity index (χ3v) is 7.32. The minimum atomic E-state index is -3.16. The van der Waals surface area contributed by atoms with Crippen molar-refractivity contribution in [3.63, 3.8) is 0 Å². The summed E-state index contributed by atoms with van der Waals surface area (Å²) in [5.74, 6) is -0.452. The average molecular weight is 392 g/mol. The van der Waals surface area contributed by atoms with E-state index >= 15 is 0 Å². The van der Waals surface area contributed by atoms with Crippen LogP contribution in [0.25, 0.3) is 0 Å². The van der Waals surface area contributed by atoms with Gasteiger partial charge >= 0.3 is 5.69 Å². The van der Waals surface area contributed by atoms with Crippen LogP contribution in [-0.4, -0.2) is 51.9 Å². The van der Waals surface area contributed by atoms with Crippen LogP contribution in [0, 0.1) is 11.3 Å². The van der Waals surface area contributed by atoms with Gasteiger partial charge < -0.3 is 4.90 Å². The van der Waals surface area contributed by atoms with E-state index in [-0.39, 0.29) is 23.1 Å². The molecular formula is C17H20N4O5S. The highest BCUT2D eigenvalue weighted by Crippen LogP contribution is 2.32. The molecule has 2 aliphatic heterocycles. The summed E-state index contributed by atoms with van der Waals surface area (Å²) < 4.78 is 25.8. The van der Waals surface area contributed by atoms with Crippen molar-refractivity contribution in [1.82, 2.24) is 14.0 Å². The lowest BCUT2D eigenvalue weighted by molar-refractivity contribution is -0.134. The molecule has 0 bridgehead atoms. The molecule has 0 radical (unpaired) electrons. The zero-order valence-electron chi connectivity index (χ0n) is 14.8. The maximum Gasteiger partial charge on any atom is 0.331 e. The molecule has 3 aliphatic rings. The van der Waals surface area contributed by atoms with Gasteiger partial charge in [-0.1, -0.05) is 0 Å². The number of sulfone groups is 1. The smallest absolute Gasteiger partial charge is 0.331 e. The van der Waals surface area contributed by atoms with Crippen molar-refractivity contribution in [1.29, 1.82) is 5.26 Å². The molecule has 0 aromatic carbocycles. The first-order valence-corrected chi connectivity index (χ1v) is 10.9. The van der Waals surface area contributed by atoms with Crippen molar-refractivity contribution in [3.8, 4) is 6.07 Å². The lowest BCUT2D eigenvalue weighted by Gasteiger charge is -2.28. The van der Waals surface area contributed by atoms with Crippen LogP contribution in [-0.2, 0) is 34.1 Å². The number of hydrogen-bond acceptors (Lipinski definition) is 6. The second kappa shape index (κ2) is 6.34. The topological polar surface area (TPSA) is 122 Å². The van der Waals surface area contributed by atoms with Crippen LogP contribution >= 0.6 is 0 Å². The molecule has 1 saturated heterocycles. The van der Waals surface area contributed by atoms with Crippen LogP contribution < -0.4 is 11.2 Å². The van der Waals surface area contributed by atoms with Gasteiger partial charge in [0.2, 0.25) is 5.91 Å². The lowest BCUT2D eigenvalue weighted by Crippen LogP contribution is -2.49. The minimum absolute atomic E-state index is 0.0286. The van der Waals surface area contributed by atoms with E-state index in [1.807, 2.05) is 6.07 Å². The lowest BCUT2D eigenvalue weighted by atomic mass is 10.2. The number of amides is 1. The van der Waals surface area contributed by atoms with Crippen LogP contribution in [0.5, 0.6) is 0 Å². The van der Waals surface area contributed by atoms with E-state index in [0.717, 1.165) is 17.4 Å². The van der Waals surface area contributed by atoms with Crippen molar-refractivity contribution < 1.29 is 13.2 Å². The summed E-state index contributed by atoms with van der Waals surface area (Å²) in [5, 5.41) is 9.33. The van der Waals surface area contributed by atoms with Crippen LogP contribution in [0.15, 0.2) is 9.59 Å². The molecule has 0 unspecified atom stereocenters. The fourth-order valence-electron chi connectivity index (χ4n) is 4.16. The van der Waals surface area contributed by atoms with E-state index < -0.39 is 39.6 Å². The molecule has 0 N–H and O–H groups in total. The molecule has 10 heteroatoms. The minimum Gasteiger partial charge on any atom is -0.334 e.